The van der Waals surface area contributed by atoms with Crippen LogP contribution in [0.3, 0.4) is 0 Å². The summed E-state index contributed by atoms with van der Waals surface area (Å²) in [5, 5.41) is 17.9. The molecule has 2 N–H and O–H groups in total. The van der Waals surface area contributed by atoms with Gasteiger partial charge in [0.2, 0.25) is 0 Å². The third kappa shape index (κ3) is 6.91. The van der Waals surface area contributed by atoms with Crippen molar-refractivity contribution >= 4 is 41.8 Å². The van der Waals surface area contributed by atoms with Gasteiger partial charge in [-0.2, -0.15) is 0 Å². The molecule has 12 heteroatoms. The highest BCUT2D eigenvalue weighted by Gasteiger charge is 2.34. The number of amides is 1. The van der Waals surface area contributed by atoms with E-state index in [2.05, 4.69) is 44.4 Å². The number of para-hydroxylation sites is 2. The van der Waals surface area contributed by atoms with Gasteiger partial charge in [0.25, 0.3) is 5.91 Å². The molecule has 0 bridgehead atoms. The molecule has 1 fully saturated rings. The highest BCUT2D eigenvalue weighted by atomic mass is 35.5. The first-order valence-corrected chi connectivity index (χ1v) is 11.8. The number of tetrazole rings is 1. The quantitative estimate of drug-likeness (QED) is 0.390. The number of methoxy groups -OCH3 is 1. The fraction of sp³-hybridized carbons (Fsp3) is 0.609. The molecule has 0 radical (unpaired) electrons. The minimum absolute atomic E-state index is 0. The van der Waals surface area contributed by atoms with E-state index < -0.39 is 0 Å². The average molecular weight is 528 g/mol. The minimum atomic E-state index is -0.0187. The Labute approximate surface area is 218 Å². The van der Waals surface area contributed by atoms with Gasteiger partial charge in [-0.05, 0) is 47.7 Å². The van der Waals surface area contributed by atoms with Crippen molar-refractivity contribution in [3.05, 3.63) is 35.9 Å². The van der Waals surface area contributed by atoms with Crippen molar-refractivity contribution < 1.29 is 9.53 Å². The summed E-state index contributed by atoms with van der Waals surface area (Å²) in [6.07, 6.45) is 2.66. The molecule has 35 heavy (non-hydrogen) atoms. The lowest BCUT2D eigenvalue weighted by Crippen LogP contribution is -2.52. The van der Waals surface area contributed by atoms with Gasteiger partial charge < -0.3 is 19.5 Å². The zero-order valence-corrected chi connectivity index (χ0v) is 22.1. The highest BCUT2D eigenvalue weighted by molar-refractivity contribution is 5.95. The van der Waals surface area contributed by atoms with Crippen LogP contribution in [0.15, 0.2) is 24.3 Å². The second kappa shape index (κ2) is 13.7. The zero-order valence-electron chi connectivity index (χ0n) is 20.5. The summed E-state index contributed by atoms with van der Waals surface area (Å²) in [6.45, 7) is 7.92. The van der Waals surface area contributed by atoms with Crippen LogP contribution in [-0.2, 0) is 11.3 Å². The lowest BCUT2D eigenvalue weighted by atomic mass is 9.93. The maximum atomic E-state index is 14.0. The molecule has 194 valence electrons. The van der Waals surface area contributed by atoms with Gasteiger partial charge in [0.1, 0.15) is 0 Å². The van der Waals surface area contributed by atoms with Gasteiger partial charge in [-0.15, -0.1) is 29.9 Å². The number of H-pyrrole nitrogens is 1. The van der Waals surface area contributed by atoms with Gasteiger partial charge in [-0.25, -0.2) is 10.1 Å². The summed E-state index contributed by atoms with van der Waals surface area (Å²) in [5.74, 6) is 1.72. The normalized spacial score (nSPS) is 17.7. The van der Waals surface area contributed by atoms with Gasteiger partial charge >= 0.3 is 0 Å². The summed E-state index contributed by atoms with van der Waals surface area (Å²) in [4.78, 5) is 20.8. The van der Waals surface area contributed by atoms with Crippen molar-refractivity contribution in [2.24, 2.45) is 5.92 Å². The van der Waals surface area contributed by atoms with E-state index in [0.717, 1.165) is 55.8 Å². The molecule has 0 aliphatic carbocycles. The number of halogens is 2. The first kappa shape index (κ1) is 29.0. The van der Waals surface area contributed by atoms with Crippen LogP contribution in [0, 0.1) is 5.92 Å². The van der Waals surface area contributed by atoms with E-state index in [1.54, 1.807) is 7.11 Å². The van der Waals surface area contributed by atoms with E-state index in [9.17, 15) is 4.79 Å². The molecule has 3 heterocycles. The van der Waals surface area contributed by atoms with Crippen molar-refractivity contribution in [3.63, 3.8) is 0 Å². The number of imidazole rings is 1. The number of benzene rings is 1. The average Bonchev–Trinajstić information content (AvgIpc) is 3.48. The number of aromatic amines is 1. The fourth-order valence-electron chi connectivity index (χ4n) is 4.61. The molecule has 2 aromatic heterocycles. The Morgan fingerprint density at radius 3 is 2.74 bits per heavy atom. The van der Waals surface area contributed by atoms with Crippen LogP contribution in [-0.4, -0.2) is 80.4 Å². The topological polar surface area (TPSA) is 114 Å². The van der Waals surface area contributed by atoms with E-state index in [1.807, 2.05) is 29.2 Å². The molecular formula is C23H36Cl2N8O2. The number of aromatic nitrogens is 6. The molecule has 1 amide bonds. The molecular weight excluding hydrogens is 491 g/mol. The number of carbonyl (C=O) groups is 1. The van der Waals surface area contributed by atoms with Crippen molar-refractivity contribution in [2.45, 2.75) is 51.6 Å². The molecule has 4 rings (SSSR count). The Morgan fingerprint density at radius 2 is 2.03 bits per heavy atom. The number of hydrogen-bond donors (Lipinski definition) is 2. The van der Waals surface area contributed by atoms with Gasteiger partial charge in [0.15, 0.2) is 11.6 Å². The van der Waals surface area contributed by atoms with Crippen molar-refractivity contribution in [3.8, 4) is 0 Å². The fourth-order valence-corrected chi connectivity index (χ4v) is 4.61. The van der Waals surface area contributed by atoms with Crippen LogP contribution in [0.25, 0.3) is 11.0 Å². The number of piperidine rings is 1. The number of hydrogen-bond acceptors (Lipinski definition) is 7. The summed E-state index contributed by atoms with van der Waals surface area (Å²) in [6, 6.07) is 8.00. The Hall–Kier alpha value is -2.27. The number of nitrogens with one attached hydrogen (secondary N) is 2. The zero-order chi connectivity index (χ0) is 23.2. The van der Waals surface area contributed by atoms with Crippen LogP contribution in [0.1, 0.15) is 55.5 Å². The summed E-state index contributed by atoms with van der Waals surface area (Å²) >= 11 is 0. The standard InChI is InChI=1S/C23H34N8O2.2ClH/c1-16(2)15-31(18-12-17(13-24-14-18)21-26-28-29-27-21)23(32)22-25-19-8-4-5-9-20(19)30(22)10-6-7-11-33-3;;/h4-5,8-9,16-18,24H,6-7,10-15H2,1-3H3,(H,26,27,28,29);2*1H/t17-,18+;;/m1../s1. The Balaban J connectivity index is 0.00000216. The maximum Gasteiger partial charge on any atom is 0.290 e. The first-order valence-electron chi connectivity index (χ1n) is 11.8. The van der Waals surface area contributed by atoms with Crippen molar-refractivity contribution in [1.29, 1.82) is 0 Å². The molecule has 0 spiro atoms. The Bertz CT molecular complexity index is 1040. The lowest BCUT2D eigenvalue weighted by Gasteiger charge is -2.38. The predicted octanol–water partition coefficient (Wildman–Crippen LogP) is 3.06. The van der Waals surface area contributed by atoms with E-state index >= 15 is 0 Å². The van der Waals surface area contributed by atoms with E-state index in [-0.39, 0.29) is 42.7 Å². The van der Waals surface area contributed by atoms with Crippen molar-refractivity contribution in [2.75, 3.05) is 33.4 Å². The number of ether oxygens (including phenoxy) is 1. The molecule has 1 aliphatic heterocycles. The van der Waals surface area contributed by atoms with Gasteiger partial charge in [-0.1, -0.05) is 26.0 Å². The van der Waals surface area contributed by atoms with Gasteiger partial charge in [0, 0.05) is 51.9 Å². The SMILES string of the molecule is COCCCCn1c(C(=O)N(CC(C)C)[C@@H]2CNC[C@H](c3nnn[nH]3)C2)nc2ccccc21.Cl.Cl. The number of fused-ring (bicyclic) bond motifs is 1. The number of rotatable bonds is 10. The Kier molecular flexibility index (Phi) is 11.4. The van der Waals surface area contributed by atoms with E-state index in [1.165, 1.54) is 0 Å². The van der Waals surface area contributed by atoms with Gasteiger partial charge in [-0.3, -0.25) is 4.79 Å². The number of nitrogens with zero attached hydrogens (tertiary/aromatic N) is 6. The molecule has 2 atom stereocenters. The van der Waals surface area contributed by atoms with Crippen LogP contribution in [0.5, 0.6) is 0 Å². The second-order valence-electron chi connectivity index (χ2n) is 9.16. The summed E-state index contributed by atoms with van der Waals surface area (Å²) < 4.78 is 7.28. The van der Waals surface area contributed by atoms with Crippen LogP contribution in [0.2, 0.25) is 0 Å². The van der Waals surface area contributed by atoms with E-state index in [0.29, 0.717) is 24.9 Å². The number of aryl methyl sites for hydroxylation is 1. The van der Waals surface area contributed by atoms with E-state index in [4.69, 9.17) is 9.72 Å². The molecule has 0 saturated carbocycles. The highest BCUT2D eigenvalue weighted by Crippen LogP contribution is 2.26. The van der Waals surface area contributed by atoms with Crippen LogP contribution >= 0.6 is 24.8 Å². The number of unbranched alkanes of at least 4 members (excludes halogenated alkanes) is 1. The molecule has 0 unspecified atom stereocenters. The first-order chi connectivity index (χ1) is 16.1. The molecule has 1 saturated heterocycles. The largest absolute Gasteiger partial charge is 0.385 e. The lowest BCUT2D eigenvalue weighted by molar-refractivity contribution is 0.0590. The smallest absolute Gasteiger partial charge is 0.290 e. The number of carbonyl (C=O) groups excluding carboxylic acids is 1. The summed E-state index contributed by atoms with van der Waals surface area (Å²) in [7, 11) is 1.71. The molecule has 1 aliphatic rings. The third-order valence-corrected chi connectivity index (χ3v) is 6.17. The second-order valence-corrected chi connectivity index (χ2v) is 9.16. The minimum Gasteiger partial charge on any atom is -0.385 e. The predicted molar refractivity (Wildman–Crippen MR) is 139 cm³/mol. The van der Waals surface area contributed by atoms with Crippen molar-refractivity contribution in [1.82, 2.24) is 40.4 Å². The van der Waals surface area contributed by atoms with Gasteiger partial charge in [0.05, 0.1) is 11.0 Å². The third-order valence-electron chi connectivity index (χ3n) is 6.17. The Morgan fingerprint density at radius 1 is 1.23 bits per heavy atom. The van der Waals surface area contributed by atoms with Crippen LogP contribution in [0.4, 0.5) is 0 Å². The van der Waals surface area contributed by atoms with Crippen LogP contribution < -0.4 is 5.32 Å². The summed E-state index contributed by atoms with van der Waals surface area (Å²) in [5.41, 5.74) is 1.85. The molecule has 1 aromatic carbocycles. The monoisotopic (exact) mass is 526 g/mol. The maximum absolute atomic E-state index is 14.0. The molecule has 3 aromatic rings. The molecule has 10 nitrogen and oxygen atoms in total.